The second-order valence-corrected chi connectivity index (χ2v) is 4.39. The molecule has 1 aromatic rings. The Balaban J connectivity index is 2.69. The molecule has 1 heterocycles. The van der Waals surface area contributed by atoms with Gasteiger partial charge in [0, 0.05) is 32.5 Å². The lowest BCUT2D eigenvalue weighted by Gasteiger charge is -2.22. The number of carbonyl (C=O) groups excluding carboxylic acids is 1. The first-order valence-electron chi connectivity index (χ1n) is 6.76. The van der Waals surface area contributed by atoms with Crippen molar-refractivity contribution in [3.05, 3.63) is 29.0 Å². The Kier molecular flexibility index (Phi) is 8.18. The highest BCUT2D eigenvalue weighted by Crippen LogP contribution is 2.14. The number of halogens is 1. The van der Waals surface area contributed by atoms with Crippen LogP contribution in [0.3, 0.4) is 0 Å². The van der Waals surface area contributed by atoms with Gasteiger partial charge in [0.05, 0.1) is 18.8 Å². The molecule has 5 nitrogen and oxygen atoms in total. The fraction of sp³-hybridized carbons (Fsp3) is 0.571. The number of amides is 1. The van der Waals surface area contributed by atoms with Crippen molar-refractivity contribution in [1.82, 2.24) is 9.88 Å². The van der Waals surface area contributed by atoms with E-state index < -0.39 is 0 Å². The molecule has 112 valence electrons. The van der Waals surface area contributed by atoms with Gasteiger partial charge in [-0.3, -0.25) is 4.79 Å². The molecule has 0 aliphatic carbocycles. The number of rotatable bonds is 9. The van der Waals surface area contributed by atoms with Crippen molar-refractivity contribution in [3.63, 3.8) is 0 Å². The zero-order chi connectivity index (χ0) is 14.8. The number of ether oxygens (including phenoxy) is 2. The van der Waals surface area contributed by atoms with E-state index in [0.717, 1.165) is 0 Å². The first kappa shape index (κ1) is 16.9. The molecule has 0 bridgehead atoms. The van der Waals surface area contributed by atoms with Crippen LogP contribution in [-0.2, 0) is 9.47 Å². The summed E-state index contributed by atoms with van der Waals surface area (Å²) in [5, 5.41) is 0.218. The van der Waals surface area contributed by atoms with Crippen LogP contribution in [-0.4, -0.2) is 55.3 Å². The van der Waals surface area contributed by atoms with Gasteiger partial charge in [-0.25, -0.2) is 4.98 Å². The highest BCUT2D eigenvalue weighted by molar-refractivity contribution is 6.32. The molecule has 0 fully saturated rings. The lowest BCUT2D eigenvalue weighted by atomic mass is 10.2. The summed E-state index contributed by atoms with van der Waals surface area (Å²) in [7, 11) is 0. The van der Waals surface area contributed by atoms with Crippen LogP contribution in [0.1, 0.15) is 24.2 Å². The van der Waals surface area contributed by atoms with E-state index in [2.05, 4.69) is 4.98 Å². The third kappa shape index (κ3) is 5.45. The molecule has 0 aliphatic heterocycles. The summed E-state index contributed by atoms with van der Waals surface area (Å²) >= 11 is 5.96. The lowest BCUT2D eigenvalue weighted by Crippen LogP contribution is -2.37. The van der Waals surface area contributed by atoms with Gasteiger partial charge in [-0.15, -0.1) is 0 Å². The minimum absolute atomic E-state index is 0.150. The topological polar surface area (TPSA) is 51.7 Å². The molecule has 0 N–H and O–H groups in total. The van der Waals surface area contributed by atoms with E-state index in [-0.39, 0.29) is 11.1 Å². The van der Waals surface area contributed by atoms with Gasteiger partial charge in [0.15, 0.2) is 0 Å². The quantitative estimate of drug-likeness (QED) is 0.518. The third-order valence-corrected chi connectivity index (χ3v) is 3.00. The molecule has 0 atom stereocenters. The van der Waals surface area contributed by atoms with Gasteiger partial charge in [0.1, 0.15) is 5.15 Å². The number of nitrogens with zero attached hydrogens (tertiary/aromatic N) is 2. The molecule has 1 amide bonds. The van der Waals surface area contributed by atoms with Crippen LogP contribution in [0.2, 0.25) is 5.15 Å². The van der Waals surface area contributed by atoms with E-state index in [1.54, 1.807) is 23.2 Å². The molecule has 0 spiro atoms. The second kappa shape index (κ2) is 9.69. The van der Waals surface area contributed by atoms with Crippen molar-refractivity contribution < 1.29 is 14.3 Å². The molecule has 1 rings (SSSR count). The minimum Gasteiger partial charge on any atom is -0.380 e. The van der Waals surface area contributed by atoms with Crippen molar-refractivity contribution in [1.29, 1.82) is 0 Å². The average Bonchev–Trinajstić information content (AvgIpc) is 2.46. The van der Waals surface area contributed by atoms with Crippen LogP contribution < -0.4 is 0 Å². The molecule has 0 unspecified atom stereocenters. The van der Waals surface area contributed by atoms with Crippen LogP contribution in [0.15, 0.2) is 18.3 Å². The predicted molar refractivity (Wildman–Crippen MR) is 78.1 cm³/mol. The fourth-order valence-corrected chi connectivity index (χ4v) is 1.87. The van der Waals surface area contributed by atoms with E-state index in [1.165, 1.54) is 0 Å². The van der Waals surface area contributed by atoms with Crippen molar-refractivity contribution in [2.45, 2.75) is 13.8 Å². The molecule has 0 radical (unpaired) electrons. The summed E-state index contributed by atoms with van der Waals surface area (Å²) in [5.41, 5.74) is 0.405. The molecule has 6 heteroatoms. The molecule has 20 heavy (non-hydrogen) atoms. The van der Waals surface area contributed by atoms with Gasteiger partial charge >= 0.3 is 0 Å². The number of carbonyl (C=O) groups is 1. The molecular weight excluding hydrogens is 280 g/mol. The molecule has 0 aliphatic rings. The fourth-order valence-electron chi connectivity index (χ4n) is 1.67. The molecule has 1 aromatic heterocycles. The van der Waals surface area contributed by atoms with E-state index in [4.69, 9.17) is 21.1 Å². The van der Waals surface area contributed by atoms with Gasteiger partial charge in [0.25, 0.3) is 5.91 Å². The van der Waals surface area contributed by atoms with Crippen molar-refractivity contribution >= 4 is 17.5 Å². The normalized spacial score (nSPS) is 10.6. The molecule has 0 saturated carbocycles. The van der Waals surface area contributed by atoms with Crippen molar-refractivity contribution in [2.75, 3.05) is 39.5 Å². The van der Waals surface area contributed by atoms with Gasteiger partial charge in [-0.05, 0) is 26.0 Å². The van der Waals surface area contributed by atoms with E-state index in [0.29, 0.717) is 45.1 Å². The largest absolute Gasteiger partial charge is 0.380 e. The Morgan fingerprint density at radius 1 is 1.25 bits per heavy atom. The van der Waals surface area contributed by atoms with E-state index in [1.807, 2.05) is 13.8 Å². The van der Waals surface area contributed by atoms with Crippen LogP contribution in [0, 0.1) is 0 Å². The highest BCUT2D eigenvalue weighted by atomic mass is 35.5. The molecule has 0 saturated heterocycles. The average molecular weight is 301 g/mol. The van der Waals surface area contributed by atoms with Crippen LogP contribution in [0.4, 0.5) is 0 Å². The monoisotopic (exact) mass is 300 g/mol. The first-order chi connectivity index (χ1) is 9.70. The second-order valence-electron chi connectivity index (χ2n) is 4.03. The summed E-state index contributed by atoms with van der Waals surface area (Å²) in [4.78, 5) is 18.1. The Morgan fingerprint density at radius 3 is 2.35 bits per heavy atom. The van der Waals surface area contributed by atoms with Crippen molar-refractivity contribution in [2.24, 2.45) is 0 Å². The maximum absolute atomic E-state index is 12.4. The number of hydrogen-bond donors (Lipinski definition) is 0. The summed E-state index contributed by atoms with van der Waals surface area (Å²) in [6.07, 6.45) is 1.56. The zero-order valence-electron chi connectivity index (χ0n) is 12.0. The van der Waals surface area contributed by atoms with Crippen molar-refractivity contribution in [3.8, 4) is 0 Å². The Morgan fingerprint density at radius 2 is 1.85 bits per heavy atom. The standard InChI is InChI=1S/C14H21ClN2O3/c1-3-19-10-8-17(9-11-20-4-2)14(18)12-6-5-7-16-13(12)15/h5-7H,3-4,8-11H2,1-2H3. The number of hydrogen-bond acceptors (Lipinski definition) is 4. The Hall–Kier alpha value is -1.17. The SMILES string of the molecule is CCOCCN(CCOCC)C(=O)c1cccnc1Cl. The van der Waals surface area contributed by atoms with Crippen LogP contribution in [0.5, 0.6) is 0 Å². The summed E-state index contributed by atoms with van der Waals surface area (Å²) in [6.45, 7) is 7.09. The van der Waals surface area contributed by atoms with Crippen LogP contribution >= 0.6 is 11.6 Å². The van der Waals surface area contributed by atoms with Gasteiger partial charge in [-0.2, -0.15) is 0 Å². The lowest BCUT2D eigenvalue weighted by molar-refractivity contribution is 0.0550. The number of aromatic nitrogens is 1. The van der Waals surface area contributed by atoms with E-state index in [9.17, 15) is 4.79 Å². The predicted octanol–water partition coefficient (Wildman–Crippen LogP) is 2.25. The first-order valence-corrected chi connectivity index (χ1v) is 7.13. The Labute approximate surface area is 124 Å². The molecular formula is C14H21ClN2O3. The number of pyridine rings is 1. The summed E-state index contributed by atoms with van der Waals surface area (Å²) in [5.74, 6) is -0.150. The minimum atomic E-state index is -0.150. The maximum atomic E-state index is 12.4. The van der Waals surface area contributed by atoms with Gasteiger partial charge < -0.3 is 14.4 Å². The van der Waals surface area contributed by atoms with Crippen LogP contribution in [0.25, 0.3) is 0 Å². The van der Waals surface area contributed by atoms with E-state index >= 15 is 0 Å². The van der Waals surface area contributed by atoms with Gasteiger partial charge in [0.2, 0.25) is 0 Å². The Bertz CT molecular complexity index is 405. The third-order valence-electron chi connectivity index (χ3n) is 2.70. The summed E-state index contributed by atoms with van der Waals surface area (Å²) in [6, 6.07) is 3.37. The molecule has 0 aromatic carbocycles. The smallest absolute Gasteiger partial charge is 0.257 e. The maximum Gasteiger partial charge on any atom is 0.257 e. The van der Waals surface area contributed by atoms with Gasteiger partial charge in [-0.1, -0.05) is 11.6 Å². The summed E-state index contributed by atoms with van der Waals surface area (Å²) < 4.78 is 10.6. The zero-order valence-corrected chi connectivity index (χ0v) is 12.7. The highest BCUT2D eigenvalue weighted by Gasteiger charge is 2.18.